The van der Waals surface area contributed by atoms with Gasteiger partial charge in [0.2, 0.25) is 0 Å². The molecular weight excluding hydrogens is 341 g/mol. The van der Waals surface area contributed by atoms with Crippen molar-refractivity contribution < 1.29 is 9.18 Å². The maximum Gasteiger partial charge on any atom is 0.270 e. The summed E-state index contributed by atoms with van der Waals surface area (Å²) in [7, 11) is 0. The van der Waals surface area contributed by atoms with Gasteiger partial charge in [0, 0.05) is 38.9 Å². The molecular formula is C22H22FN3O. The van der Waals surface area contributed by atoms with Gasteiger partial charge in [0.25, 0.3) is 5.91 Å². The number of halogens is 1. The third-order valence-corrected chi connectivity index (χ3v) is 5.00. The summed E-state index contributed by atoms with van der Waals surface area (Å²) in [5.41, 5.74) is 2.46. The Morgan fingerprint density at radius 1 is 0.852 bits per heavy atom. The summed E-state index contributed by atoms with van der Waals surface area (Å²) in [5.74, 6) is -0.182. The van der Waals surface area contributed by atoms with Crippen molar-refractivity contribution in [2.45, 2.75) is 6.54 Å². The van der Waals surface area contributed by atoms with Crippen LogP contribution in [0, 0.1) is 5.82 Å². The fourth-order valence-corrected chi connectivity index (χ4v) is 3.55. The fourth-order valence-electron chi connectivity index (χ4n) is 3.55. The van der Waals surface area contributed by atoms with Crippen molar-refractivity contribution in [3.63, 3.8) is 0 Å². The van der Waals surface area contributed by atoms with Gasteiger partial charge in [0.05, 0.1) is 5.69 Å². The molecule has 1 aliphatic heterocycles. The maximum atomic E-state index is 14.0. The highest BCUT2D eigenvalue weighted by atomic mass is 19.1. The van der Waals surface area contributed by atoms with E-state index in [4.69, 9.17) is 0 Å². The third-order valence-electron chi connectivity index (χ3n) is 5.00. The number of hydrogen-bond donors (Lipinski definition) is 0. The molecule has 0 bridgehead atoms. The highest BCUT2D eigenvalue weighted by Gasteiger charge is 2.25. The predicted molar refractivity (Wildman–Crippen MR) is 104 cm³/mol. The largest absolute Gasteiger partial charge is 0.366 e. The Balaban J connectivity index is 1.43. The van der Waals surface area contributed by atoms with E-state index in [1.807, 2.05) is 57.0 Å². The van der Waals surface area contributed by atoms with Gasteiger partial charge in [0.15, 0.2) is 0 Å². The van der Waals surface area contributed by atoms with Gasteiger partial charge in [-0.2, -0.15) is 0 Å². The number of para-hydroxylation sites is 1. The maximum absolute atomic E-state index is 14.0. The van der Waals surface area contributed by atoms with Gasteiger partial charge in [-0.25, -0.2) is 4.39 Å². The van der Waals surface area contributed by atoms with E-state index in [0.29, 0.717) is 44.1 Å². The van der Waals surface area contributed by atoms with Crippen molar-refractivity contribution in [2.75, 3.05) is 31.1 Å². The van der Waals surface area contributed by atoms with Crippen LogP contribution in [0.1, 0.15) is 16.1 Å². The Hall–Kier alpha value is -3.08. The van der Waals surface area contributed by atoms with Gasteiger partial charge < -0.3 is 14.4 Å². The Kier molecular flexibility index (Phi) is 4.92. The Labute approximate surface area is 158 Å². The number of benzene rings is 2. The van der Waals surface area contributed by atoms with Gasteiger partial charge in [0.1, 0.15) is 11.5 Å². The van der Waals surface area contributed by atoms with E-state index < -0.39 is 0 Å². The van der Waals surface area contributed by atoms with Crippen LogP contribution in [-0.4, -0.2) is 41.6 Å². The molecule has 5 heteroatoms. The van der Waals surface area contributed by atoms with Crippen LogP contribution in [0.5, 0.6) is 0 Å². The second-order valence-corrected chi connectivity index (χ2v) is 6.74. The van der Waals surface area contributed by atoms with Crippen LogP contribution in [0.4, 0.5) is 10.1 Å². The number of nitrogens with zero attached hydrogens (tertiary/aromatic N) is 3. The minimum absolute atomic E-state index is 0.0316. The zero-order valence-electron chi connectivity index (χ0n) is 15.1. The SMILES string of the molecule is O=C(c1cccn1Cc1ccccc1)N1CCN(c2ccccc2F)CC1. The molecule has 4 rings (SSSR count). The van der Waals surface area contributed by atoms with Crippen LogP contribution in [0.25, 0.3) is 0 Å². The van der Waals surface area contributed by atoms with E-state index in [1.54, 1.807) is 12.1 Å². The number of rotatable bonds is 4. The first kappa shape index (κ1) is 17.3. The van der Waals surface area contributed by atoms with Crippen LogP contribution < -0.4 is 4.90 Å². The molecule has 1 fully saturated rings. The Bertz CT molecular complexity index is 914. The summed E-state index contributed by atoms with van der Waals surface area (Å²) in [5, 5.41) is 0. The standard InChI is InChI=1S/C22H22FN3O/c23-19-9-4-5-10-20(19)24-13-15-25(16-14-24)22(27)21-11-6-12-26(21)17-18-7-2-1-3-8-18/h1-12H,13-17H2. The number of carbonyl (C=O) groups is 1. The average Bonchev–Trinajstić information content (AvgIpc) is 3.17. The Morgan fingerprint density at radius 3 is 2.30 bits per heavy atom. The van der Waals surface area contributed by atoms with Crippen LogP contribution in [-0.2, 0) is 6.54 Å². The lowest BCUT2D eigenvalue weighted by Gasteiger charge is -2.36. The van der Waals surface area contributed by atoms with Gasteiger partial charge >= 0.3 is 0 Å². The molecule has 0 radical (unpaired) electrons. The molecule has 27 heavy (non-hydrogen) atoms. The fraction of sp³-hybridized carbons (Fsp3) is 0.227. The van der Waals surface area contributed by atoms with Crippen molar-refractivity contribution in [1.29, 1.82) is 0 Å². The van der Waals surface area contributed by atoms with E-state index in [9.17, 15) is 9.18 Å². The summed E-state index contributed by atoms with van der Waals surface area (Å²) < 4.78 is 16.0. The van der Waals surface area contributed by atoms with Crippen molar-refractivity contribution in [1.82, 2.24) is 9.47 Å². The molecule has 0 unspecified atom stereocenters. The van der Waals surface area contributed by atoms with Gasteiger partial charge in [-0.1, -0.05) is 42.5 Å². The van der Waals surface area contributed by atoms with Crippen molar-refractivity contribution in [3.8, 4) is 0 Å². The molecule has 1 aromatic heterocycles. The smallest absolute Gasteiger partial charge is 0.270 e. The second-order valence-electron chi connectivity index (χ2n) is 6.74. The monoisotopic (exact) mass is 363 g/mol. The van der Waals surface area contributed by atoms with E-state index in [0.717, 1.165) is 5.56 Å². The molecule has 1 saturated heterocycles. The average molecular weight is 363 g/mol. The summed E-state index contributed by atoms with van der Waals surface area (Å²) in [6.45, 7) is 3.11. The van der Waals surface area contributed by atoms with Gasteiger partial charge in [-0.3, -0.25) is 4.79 Å². The van der Waals surface area contributed by atoms with E-state index >= 15 is 0 Å². The highest BCUT2D eigenvalue weighted by molar-refractivity contribution is 5.93. The van der Waals surface area contributed by atoms with Crippen molar-refractivity contribution in [3.05, 3.63) is 90.0 Å². The highest BCUT2D eigenvalue weighted by Crippen LogP contribution is 2.21. The number of carbonyl (C=O) groups excluding carboxylic acids is 1. The van der Waals surface area contributed by atoms with Crippen LogP contribution in [0.3, 0.4) is 0 Å². The quantitative estimate of drug-likeness (QED) is 0.708. The first-order valence-corrected chi connectivity index (χ1v) is 9.20. The molecule has 138 valence electrons. The predicted octanol–water partition coefficient (Wildman–Crippen LogP) is 3.64. The summed E-state index contributed by atoms with van der Waals surface area (Å²) in [6.07, 6.45) is 1.94. The molecule has 3 aromatic rings. The molecule has 0 N–H and O–H groups in total. The lowest BCUT2D eigenvalue weighted by atomic mass is 10.2. The second kappa shape index (κ2) is 7.66. The number of aromatic nitrogens is 1. The molecule has 1 aliphatic rings. The Morgan fingerprint density at radius 2 is 1.56 bits per heavy atom. The minimum atomic E-state index is -0.214. The molecule has 0 saturated carbocycles. The lowest BCUT2D eigenvalue weighted by molar-refractivity contribution is 0.0736. The summed E-state index contributed by atoms with van der Waals surface area (Å²) in [4.78, 5) is 16.9. The van der Waals surface area contributed by atoms with Gasteiger partial charge in [-0.05, 0) is 29.8 Å². The molecule has 2 heterocycles. The first-order chi connectivity index (χ1) is 13.2. The molecule has 1 amide bonds. The van der Waals surface area contributed by atoms with Crippen LogP contribution in [0.2, 0.25) is 0 Å². The van der Waals surface area contributed by atoms with E-state index in [2.05, 4.69) is 12.1 Å². The topological polar surface area (TPSA) is 28.5 Å². The summed E-state index contributed by atoms with van der Waals surface area (Å²) in [6, 6.07) is 20.7. The summed E-state index contributed by atoms with van der Waals surface area (Å²) >= 11 is 0. The van der Waals surface area contributed by atoms with Crippen LogP contribution in [0.15, 0.2) is 72.9 Å². The molecule has 2 aromatic carbocycles. The zero-order chi connectivity index (χ0) is 18.6. The normalized spacial score (nSPS) is 14.4. The van der Waals surface area contributed by atoms with Crippen molar-refractivity contribution >= 4 is 11.6 Å². The molecule has 0 atom stereocenters. The number of amides is 1. The third kappa shape index (κ3) is 3.72. The number of hydrogen-bond acceptors (Lipinski definition) is 2. The first-order valence-electron chi connectivity index (χ1n) is 9.20. The zero-order valence-corrected chi connectivity index (χ0v) is 15.1. The lowest BCUT2D eigenvalue weighted by Crippen LogP contribution is -2.49. The molecule has 0 spiro atoms. The van der Waals surface area contributed by atoms with E-state index in [1.165, 1.54) is 6.07 Å². The molecule has 4 nitrogen and oxygen atoms in total. The van der Waals surface area contributed by atoms with Crippen molar-refractivity contribution in [2.24, 2.45) is 0 Å². The number of piperazine rings is 1. The van der Waals surface area contributed by atoms with Crippen LogP contribution >= 0.6 is 0 Å². The van der Waals surface area contributed by atoms with Gasteiger partial charge in [-0.15, -0.1) is 0 Å². The number of anilines is 1. The van der Waals surface area contributed by atoms with E-state index in [-0.39, 0.29) is 11.7 Å². The molecule has 0 aliphatic carbocycles. The minimum Gasteiger partial charge on any atom is -0.366 e.